The smallest absolute Gasteiger partial charge is 0.294 e. The summed E-state index contributed by atoms with van der Waals surface area (Å²) >= 11 is 0. The number of carbonyl (C=O) groups excluding carboxylic acids is 3. The van der Waals surface area contributed by atoms with Gasteiger partial charge in [0.05, 0.1) is 26.3 Å². The number of ether oxygens (including phenoxy) is 4. The van der Waals surface area contributed by atoms with Crippen LogP contribution in [0.15, 0.2) is 12.1 Å². The quantitative estimate of drug-likeness (QED) is 0.431. The Hall–Kier alpha value is -2.65. The van der Waals surface area contributed by atoms with E-state index in [0.717, 1.165) is 42.6 Å². The zero-order chi connectivity index (χ0) is 24.7. The largest absolute Gasteiger partial charge is 0.497 e. The van der Waals surface area contributed by atoms with Gasteiger partial charge in [-0.15, -0.1) is 0 Å². The lowest BCUT2D eigenvalue weighted by Gasteiger charge is -2.55. The number of hydrogen-bond acceptors (Lipinski definition) is 7. The maximum absolute atomic E-state index is 13.8. The first-order chi connectivity index (χ1) is 16.9. The molecule has 0 N–H and O–H groups in total. The average molecular weight is 487 g/mol. The summed E-state index contributed by atoms with van der Waals surface area (Å²) in [4.78, 5) is 44.6. The summed E-state index contributed by atoms with van der Waals surface area (Å²) in [7, 11) is 4.73. The number of Topliss-reactive ketones (excluding diaryl/α,β-unsaturated/α-hetero) is 1. The summed E-state index contributed by atoms with van der Waals surface area (Å²) in [5.74, 6) is 0.194. The van der Waals surface area contributed by atoms with Gasteiger partial charge in [-0.2, -0.15) is 0 Å². The summed E-state index contributed by atoms with van der Waals surface area (Å²) < 4.78 is 22.0. The van der Waals surface area contributed by atoms with Gasteiger partial charge in [0.25, 0.3) is 11.7 Å². The van der Waals surface area contributed by atoms with Gasteiger partial charge in [0.15, 0.2) is 0 Å². The van der Waals surface area contributed by atoms with Crippen molar-refractivity contribution in [1.29, 1.82) is 0 Å². The van der Waals surface area contributed by atoms with Gasteiger partial charge < -0.3 is 28.7 Å². The van der Waals surface area contributed by atoms with Crippen LogP contribution in [-0.2, 0) is 36.8 Å². The molecule has 35 heavy (non-hydrogen) atoms. The molecule has 3 fully saturated rings. The first-order valence-corrected chi connectivity index (χ1v) is 12.5. The average Bonchev–Trinajstić information content (AvgIpc) is 3.38. The third kappa shape index (κ3) is 3.89. The maximum atomic E-state index is 13.8. The number of benzene rings is 1. The molecule has 1 saturated carbocycles. The Labute approximate surface area is 205 Å². The van der Waals surface area contributed by atoms with Crippen LogP contribution in [0.4, 0.5) is 0 Å². The molecule has 1 aliphatic carbocycles. The third-order valence-electron chi connectivity index (χ3n) is 8.27. The van der Waals surface area contributed by atoms with E-state index >= 15 is 0 Å². The first kappa shape index (κ1) is 24.1. The maximum Gasteiger partial charge on any atom is 0.294 e. The molecule has 9 heteroatoms. The molecule has 2 amide bonds. The highest BCUT2D eigenvalue weighted by Gasteiger charge is 2.56. The van der Waals surface area contributed by atoms with E-state index in [4.69, 9.17) is 18.9 Å². The van der Waals surface area contributed by atoms with Crippen molar-refractivity contribution in [3.63, 3.8) is 0 Å². The Balaban J connectivity index is 1.47. The van der Waals surface area contributed by atoms with Crippen molar-refractivity contribution in [1.82, 2.24) is 9.80 Å². The molecule has 5 rings (SSSR count). The van der Waals surface area contributed by atoms with Gasteiger partial charge in [-0.3, -0.25) is 14.4 Å². The zero-order valence-corrected chi connectivity index (χ0v) is 20.7. The van der Waals surface area contributed by atoms with Crippen molar-refractivity contribution >= 4 is 17.6 Å². The van der Waals surface area contributed by atoms with Crippen LogP contribution in [0.3, 0.4) is 0 Å². The van der Waals surface area contributed by atoms with Crippen molar-refractivity contribution in [3.8, 4) is 11.5 Å². The number of hydrogen-bond donors (Lipinski definition) is 0. The normalized spacial score (nSPS) is 26.7. The molecule has 1 aromatic rings. The molecule has 2 saturated heterocycles. The van der Waals surface area contributed by atoms with Crippen LogP contribution >= 0.6 is 0 Å². The highest BCUT2D eigenvalue weighted by atomic mass is 16.7. The minimum atomic E-state index is -1.15. The van der Waals surface area contributed by atoms with Crippen molar-refractivity contribution in [3.05, 3.63) is 23.3 Å². The molecule has 0 spiro atoms. The number of piperidine rings is 1. The number of amides is 2. The van der Waals surface area contributed by atoms with Crippen LogP contribution in [0.25, 0.3) is 0 Å². The lowest BCUT2D eigenvalue weighted by Crippen LogP contribution is -2.72. The molecule has 0 aromatic heterocycles. The van der Waals surface area contributed by atoms with E-state index in [1.165, 1.54) is 7.11 Å². The van der Waals surface area contributed by atoms with Crippen LogP contribution < -0.4 is 9.47 Å². The predicted molar refractivity (Wildman–Crippen MR) is 125 cm³/mol. The molecule has 4 aliphatic rings. The summed E-state index contributed by atoms with van der Waals surface area (Å²) in [6, 6.07) is 2.77. The second-order valence-corrected chi connectivity index (χ2v) is 10.0. The number of methoxy groups -OCH3 is 3. The van der Waals surface area contributed by atoms with Crippen molar-refractivity contribution in [2.24, 2.45) is 0 Å². The van der Waals surface area contributed by atoms with Gasteiger partial charge in [-0.1, -0.05) is 0 Å². The Morgan fingerprint density at radius 2 is 1.80 bits per heavy atom. The Bertz CT molecular complexity index is 1020. The van der Waals surface area contributed by atoms with Gasteiger partial charge in [-0.25, -0.2) is 0 Å². The van der Waals surface area contributed by atoms with Gasteiger partial charge in [0.2, 0.25) is 5.91 Å². The standard InChI is InChI=1S/C26H34N2O7/c1-32-15-35-26(9-4-5-10-26)23(29)25(31)28-19-7-6-8-20(28)24(30)27-14-16-11-17(33-2)12-22(34-3)18(16)13-21(19)27/h11-12,19-21H,4-10,13-15H2,1-3H3/t19-,20?,21+/m1/s1. The van der Waals surface area contributed by atoms with Gasteiger partial charge in [0, 0.05) is 25.3 Å². The zero-order valence-electron chi connectivity index (χ0n) is 20.7. The SMILES string of the molecule is COCOC1(C(=O)C(=O)N2C3CCC[C@@H]2[C@@H]2Cc4c(cc(OC)cc4OC)CN2C3=O)CCCC1. The highest BCUT2D eigenvalue weighted by Crippen LogP contribution is 2.43. The summed E-state index contributed by atoms with van der Waals surface area (Å²) in [6.07, 6.45) is 5.38. The second kappa shape index (κ2) is 9.43. The number of carbonyl (C=O) groups is 3. The van der Waals surface area contributed by atoms with Crippen LogP contribution in [0.2, 0.25) is 0 Å². The molecule has 3 atom stereocenters. The fraction of sp³-hybridized carbons (Fsp3) is 0.654. The Morgan fingerprint density at radius 1 is 1.03 bits per heavy atom. The second-order valence-electron chi connectivity index (χ2n) is 10.0. The van der Waals surface area contributed by atoms with E-state index in [0.29, 0.717) is 38.0 Å². The van der Waals surface area contributed by atoms with Gasteiger partial charge in [0.1, 0.15) is 29.9 Å². The number of fused-ring (bicyclic) bond motifs is 5. The summed E-state index contributed by atoms with van der Waals surface area (Å²) in [5, 5.41) is 0. The van der Waals surface area contributed by atoms with Crippen LogP contribution in [0, 0.1) is 0 Å². The minimum Gasteiger partial charge on any atom is -0.497 e. The highest BCUT2D eigenvalue weighted by molar-refractivity contribution is 6.39. The number of ketones is 1. The molecule has 3 aliphatic heterocycles. The topological polar surface area (TPSA) is 94.6 Å². The molecule has 190 valence electrons. The molecule has 9 nitrogen and oxygen atoms in total. The lowest BCUT2D eigenvalue weighted by molar-refractivity contribution is -0.180. The van der Waals surface area contributed by atoms with Crippen molar-refractivity contribution in [2.45, 2.75) is 81.6 Å². The van der Waals surface area contributed by atoms with E-state index in [2.05, 4.69) is 0 Å². The number of rotatable bonds is 7. The van der Waals surface area contributed by atoms with E-state index < -0.39 is 23.3 Å². The number of piperazine rings is 1. The molecule has 3 heterocycles. The van der Waals surface area contributed by atoms with E-state index in [-0.39, 0.29) is 24.8 Å². The predicted octanol–water partition coefficient (Wildman–Crippen LogP) is 2.22. The van der Waals surface area contributed by atoms with Crippen molar-refractivity contribution in [2.75, 3.05) is 28.1 Å². The number of nitrogens with zero attached hydrogens (tertiary/aromatic N) is 2. The van der Waals surface area contributed by atoms with E-state index in [1.807, 2.05) is 17.0 Å². The molecular formula is C26H34N2O7. The van der Waals surface area contributed by atoms with E-state index in [9.17, 15) is 14.4 Å². The molecular weight excluding hydrogens is 452 g/mol. The molecule has 0 radical (unpaired) electrons. The summed E-state index contributed by atoms with van der Waals surface area (Å²) in [6.45, 7) is 0.400. The monoisotopic (exact) mass is 486 g/mol. The molecule has 1 aromatic carbocycles. The fourth-order valence-corrected chi connectivity index (χ4v) is 6.55. The fourth-order valence-electron chi connectivity index (χ4n) is 6.55. The minimum absolute atomic E-state index is 0.0404. The summed E-state index contributed by atoms with van der Waals surface area (Å²) in [5.41, 5.74) is 0.874. The lowest BCUT2D eigenvalue weighted by atomic mass is 9.78. The molecule has 1 unspecified atom stereocenters. The van der Waals surface area contributed by atoms with Gasteiger partial charge >= 0.3 is 0 Å². The van der Waals surface area contributed by atoms with E-state index in [1.54, 1.807) is 19.1 Å². The third-order valence-corrected chi connectivity index (χ3v) is 8.27. The Morgan fingerprint density at radius 3 is 2.49 bits per heavy atom. The van der Waals surface area contributed by atoms with Crippen LogP contribution in [-0.4, -0.2) is 79.2 Å². The van der Waals surface area contributed by atoms with Gasteiger partial charge in [-0.05, 0) is 63.0 Å². The molecule has 2 bridgehead atoms. The van der Waals surface area contributed by atoms with Crippen LogP contribution in [0.5, 0.6) is 11.5 Å². The van der Waals surface area contributed by atoms with Crippen molar-refractivity contribution < 1.29 is 33.3 Å². The Kier molecular flexibility index (Phi) is 6.48. The van der Waals surface area contributed by atoms with Crippen LogP contribution in [0.1, 0.15) is 56.1 Å². The first-order valence-electron chi connectivity index (χ1n) is 12.5.